The molecule has 0 aliphatic rings. The zero-order chi connectivity index (χ0) is 23.7. The van der Waals surface area contributed by atoms with Crippen molar-refractivity contribution in [2.24, 2.45) is 0 Å². The van der Waals surface area contributed by atoms with E-state index in [0.717, 1.165) is 30.9 Å². The molecule has 0 fully saturated rings. The number of ether oxygens (including phenoxy) is 1. The minimum absolute atomic E-state index is 0.167. The Kier molecular flexibility index (Phi) is 9.37. The molecular weight excluding hydrogens is 481 g/mol. The first-order valence-electron chi connectivity index (χ1n) is 10.4. The van der Waals surface area contributed by atoms with Crippen molar-refractivity contribution in [3.8, 4) is 0 Å². The largest absolute Gasteiger partial charge is 0.444 e. The van der Waals surface area contributed by atoms with E-state index in [1.165, 1.54) is 6.07 Å². The molecule has 0 aliphatic heterocycles. The molecule has 32 heavy (non-hydrogen) atoms. The van der Waals surface area contributed by atoms with Gasteiger partial charge in [-0.15, -0.1) is 0 Å². The molecule has 8 nitrogen and oxygen atoms in total. The molecule has 0 aliphatic carbocycles. The smallest absolute Gasteiger partial charge is 0.407 e. The van der Waals surface area contributed by atoms with Crippen LogP contribution in [0.2, 0.25) is 0 Å². The maximum Gasteiger partial charge on any atom is 0.407 e. The molecule has 0 unspecified atom stereocenters. The number of amides is 2. The van der Waals surface area contributed by atoms with E-state index < -0.39 is 23.5 Å². The number of aryl methyl sites for hydroxylation is 1. The number of carbonyl (C=O) groups excluding carboxylic acids is 2. The van der Waals surface area contributed by atoms with Crippen LogP contribution in [0.5, 0.6) is 0 Å². The summed E-state index contributed by atoms with van der Waals surface area (Å²) in [7, 11) is 0. The first-order chi connectivity index (χ1) is 15.0. The average molecular weight is 510 g/mol. The molecule has 174 valence electrons. The van der Waals surface area contributed by atoms with E-state index in [4.69, 9.17) is 4.74 Å². The van der Waals surface area contributed by atoms with Crippen LogP contribution in [-0.4, -0.2) is 40.7 Å². The summed E-state index contributed by atoms with van der Waals surface area (Å²) in [5, 5.41) is 8.42. The summed E-state index contributed by atoms with van der Waals surface area (Å²) >= 11 is 3.33. The number of hydrogen-bond donors (Lipinski definition) is 3. The first-order valence-corrected chi connectivity index (χ1v) is 11.2. The van der Waals surface area contributed by atoms with Crippen molar-refractivity contribution in [2.75, 3.05) is 23.7 Å². The summed E-state index contributed by atoms with van der Waals surface area (Å²) in [6, 6.07) is 6.04. The van der Waals surface area contributed by atoms with Gasteiger partial charge in [-0.25, -0.2) is 14.8 Å². The van der Waals surface area contributed by atoms with Crippen molar-refractivity contribution in [3.05, 3.63) is 45.9 Å². The lowest BCUT2D eigenvalue weighted by molar-refractivity contribution is 0.0527. The van der Waals surface area contributed by atoms with Crippen molar-refractivity contribution in [3.63, 3.8) is 0 Å². The van der Waals surface area contributed by atoms with Gasteiger partial charge in [-0.3, -0.25) is 4.79 Å². The SMILES string of the molecule is Cc1ccc(NC(=O)c2ccc(F)nc2NCCCCCNC(=O)OC(C)(C)C)nc1Br. The Bertz CT molecular complexity index is 950. The van der Waals surface area contributed by atoms with Crippen LogP contribution in [0.1, 0.15) is 56.0 Å². The van der Waals surface area contributed by atoms with Crippen molar-refractivity contribution in [2.45, 2.75) is 52.6 Å². The topological polar surface area (TPSA) is 105 Å². The molecule has 2 aromatic rings. The summed E-state index contributed by atoms with van der Waals surface area (Å²) in [5.41, 5.74) is 0.633. The van der Waals surface area contributed by atoms with Crippen LogP contribution in [0, 0.1) is 12.9 Å². The second kappa shape index (κ2) is 11.8. The molecular formula is C22H29BrFN5O3. The maximum atomic E-state index is 13.7. The molecule has 0 saturated heterocycles. The fourth-order valence-corrected chi connectivity index (χ4v) is 2.97. The fourth-order valence-electron chi connectivity index (χ4n) is 2.65. The highest BCUT2D eigenvalue weighted by Crippen LogP contribution is 2.19. The van der Waals surface area contributed by atoms with E-state index in [-0.39, 0.29) is 11.4 Å². The zero-order valence-corrected chi connectivity index (χ0v) is 20.3. The van der Waals surface area contributed by atoms with Gasteiger partial charge in [-0.1, -0.05) is 6.07 Å². The van der Waals surface area contributed by atoms with Gasteiger partial charge in [0.25, 0.3) is 5.91 Å². The quantitative estimate of drug-likeness (QED) is 0.322. The highest BCUT2D eigenvalue weighted by molar-refractivity contribution is 9.10. The zero-order valence-electron chi connectivity index (χ0n) is 18.7. The molecule has 2 amide bonds. The summed E-state index contributed by atoms with van der Waals surface area (Å²) in [6.07, 6.45) is 1.90. The number of nitrogens with one attached hydrogen (secondary N) is 3. The molecule has 0 aromatic carbocycles. The Morgan fingerprint density at radius 1 is 1.06 bits per heavy atom. The molecule has 2 rings (SSSR count). The number of unbranched alkanes of at least 4 members (excludes halogenated alkanes) is 2. The Balaban J connectivity index is 1.82. The van der Waals surface area contributed by atoms with E-state index >= 15 is 0 Å². The number of alkyl carbamates (subject to hydrolysis) is 1. The lowest BCUT2D eigenvalue weighted by Gasteiger charge is -2.19. The van der Waals surface area contributed by atoms with Gasteiger partial charge in [0.1, 0.15) is 21.8 Å². The summed E-state index contributed by atoms with van der Waals surface area (Å²) in [6.45, 7) is 8.32. The monoisotopic (exact) mass is 509 g/mol. The minimum Gasteiger partial charge on any atom is -0.444 e. The third-order valence-corrected chi connectivity index (χ3v) is 5.00. The molecule has 0 atom stereocenters. The van der Waals surface area contributed by atoms with Crippen LogP contribution in [0.3, 0.4) is 0 Å². The number of aromatic nitrogens is 2. The summed E-state index contributed by atoms with van der Waals surface area (Å²) < 4.78 is 19.5. The minimum atomic E-state index is -0.679. The van der Waals surface area contributed by atoms with Gasteiger partial charge in [0, 0.05) is 13.1 Å². The second-order valence-corrected chi connectivity index (χ2v) is 8.96. The fraction of sp³-hybridized carbons (Fsp3) is 0.455. The van der Waals surface area contributed by atoms with Crippen molar-refractivity contribution >= 4 is 39.6 Å². The Hall–Kier alpha value is -2.75. The highest BCUT2D eigenvalue weighted by Gasteiger charge is 2.16. The van der Waals surface area contributed by atoms with E-state index in [1.807, 2.05) is 33.8 Å². The normalized spacial score (nSPS) is 11.1. The number of carbonyl (C=O) groups is 2. The summed E-state index contributed by atoms with van der Waals surface area (Å²) in [4.78, 5) is 32.3. The number of nitrogens with zero attached hydrogens (tertiary/aromatic N) is 2. The molecule has 0 bridgehead atoms. The van der Waals surface area contributed by atoms with Gasteiger partial charge in [0.2, 0.25) is 5.95 Å². The van der Waals surface area contributed by atoms with Gasteiger partial charge in [-0.05, 0) is 86.6 Å². The molecule has 2 aromatic heterocycles. The molecule has 0 spiro atoms. The van der Waals surface area contributed by atoms with Gasteiger partial charge >= 0.3 is 6.09 Å². The average Bonchev–Trinajstić information content (AvgIpc) is 2.68. The first kappa shape index (κ1) is 25.5. The number of rotatable bonds is 9. The van der Waals surface area contributed by atoms with Crippen molar-refractivity contribution in [1.82, 2.24) is 15.3 Å². The highest BCUT2D eigenvalue weighted by atomic mass is 79.9. The van der Waals surface area contributed by atoms with E-state index in [2.05, 4.69) is 41.8 Å². The Morgan fingerprint density at radius 2 is 1.78 bits per heavy atom. The lowest BCUT2D eigenvalue weighted by atomic mass is 10.2. The van der Waals surface area contributed by atoms with Gasteiger partial charge in [0.15, 0.2) is 0 Å². The third-order valence-electron chi connectivity index (χ3n) is 4.20. The number of halogens is 2. The van der Waals surface area contributed by atoms with Crippen LogP contribution < -0.4 is 16.0 Å². The van der Waals surface area contributed by atoms with Crippen LogP contribution in [0.4, 0.5) is 20.8 Å². The number of hydrogen-bond acceptors (Lipinski definition) is 6. The lowest BCUT2D eigenvalue weighted by Crippen LogP contribution is -2.33. The summed E-state index contributed by atoms with van der Waals surface area (Å²) in [5.74, 6) is -0.576. The number of pyridine rings is 2. The number of anilines is 2. The second-order valence-electron chi connectivity index (χ2n) is 8.20. The molecule has 0 radical (unpaired) electrons. The van der Waals surface area contributed by atoms with E-state index in [0.29, 0.717) is 23.5 Å². The van der Waals surface area contributed by atoms with Crippen molar-refractivity contribution in [1.29, 1.82) is 0 Å². The van der Waals surface area contributed by atoms with Gasteiger partial charge < -0.3 is 20.7 Å². The predicted molar refractivity (Wildman–Crippen MR) is 125 cm³/mol. The van der Waals surface area contributed by atoms with E-state index in [1.54, 1.807) is 6.07 Å². The van der Waals surface area contributed by atoms with Crippen molar-refractivity contribution < 1.29 is 18.7 Å². The van der Waals surface area contributed by atoms with Crippen LogP contribution >= 0.6 is 15.9 Å². The predicted octanol–water partition coefficient (Wildman–Crippen LogP) is 5.05. The molecule has 0 saturated carbocycles. The standard InChI is InChI=1S/C22H29BrFN5O3/c1-14-8-11-17(28-18(14)23)29-20(30)15-9-10-16(24)27-19(15)25-12-6-5-7-13-26-21(31)32-22(2,3)4/h8-11H,5-7,12-13H2,1-4H3,(H,25,27)(H,26,31)(H,28,29,30). The Labute approximate surface area is 195 Å². The molecule has 10 heteroatoms. The van der Waals surface area contributed by atoms with Gasteiger partial charge in [-0.2, -0.15) is 4.39 Å². The Morgan fingerprint density at radius 3 is 2.47 bits per heavy atom. The molecule has 3 N–H and O–H groups in total. The third kappa shape index (κ3) is 8.78. The molecule has 2 heterocycles. The van der Waals surface area contributed by atoms with E-state index in [9.17, 15) is 14.0 Å². The van der Waals surface area contributed by atoms with Crippen LogP contribution in [-0.2, 0) is 4.74 Å². The van der Waals surface area contributed by atoms with Gasteiger partial charge in [0.05, 0.1) is 5.56 Å². The van der Waals surface area contributed by atoms with Crippen LogP contribution in [0.15, 0.2) is 28.9 Å². The van der Waals surface area contributed by atoms with Crippen LogP contribution in [0.25, 0.3) is 0 Å². The maximum absolute atomic E-state index is 13.7.